The molecule has 0 atom stereocenters. The number of halogens is 1. The van der Waals surface area contributed by atoms with Crippen LogP contribution >= 0.6 is 11.6 Å². The average Bonchev–Trinajstić information content (AvgIpc) is 2.83. The quantitative estimate of drug-likeness (QED) is 0.315. The maximum Gasteiger partial charge on any atom is 0.269 e. The molecule has 7 nitrogen and oxygen atoms in total. The van der Waals surface area contributed by atoms with Crippen molar-refractivity contribution in [3.05, 3.63) is 105 Å². The number of para-hydroxylation sites is 1. The topological polar surface area (TPSA) is 96.5 Å². The lowest BCUT2D eigenvalue weighted by Gasteiger charge is -2.12. The Morgan fingerprint density at radius 1 is 1.15 bits per heavy atom. The van der Waals surface area contributed by atoms with Gasteiger partial charge in [0.15, 0.2) is 0 Å². The van der Waals surface area contributed by atoms with Gasteiger partial charge in [-0.15, -0.1) is 0 Å². The molecule has 168 valence electrons. The summed E-state index contributed by atoms with van der Waals surface area (Å²) in [5.41, 5.74) is 1.87. The molecule has 0 saturated heterocycles. The molecule has 0 aliphatic carbocycles. The second kappa shape index (κ2) is 9.61. The highest BCUT2D eigenvalue weighted by molar-refractivity contribution is 6.32. The Kier molecular flexibility index (Phi) is 6.44. The number of aryl methyl sites for hydroxylation is 2. The fourth-order valence-electron chi connectivity index (χ4n) is 3.27. The van der Waals surface area contributed by atoms with Crippen molar-refractivity contribution < 1.29 is 9.53 Å². The number of nitrogens with one attached hydrogen (secondary N) is 1. The predicted octanol–water partition coefficient (Wildman–Crippen LogP) is 5.30. The van der Waals surface area contributed by atoms with Crippen molar-refractivity contribution in [1.29, 1.82) is 5.26 Å². The maximum atomic E-state index is 13.3. The highest BCUT2D eigenvalue weighted by Crippen LogP contribution is 2.30. The molecule has 4 aromatic rings. The number of nitrogens with zero attached hydrogens (tertiary/aromatic N) is 3. The number of benzene rings is 2. The zero-order valence-corrected chi connectivity index (χ0v) is 19.1. The van der Waals surface area contributed by atoms with Gasteiger partial charge in [-0.2, -0.15) is 10.2 Å². The van der Waals surface area contributed by atoms with Crippen molar-refractivity contribution in [2.24, 2.45) is 0 Å². The van der Waals surface area contributed by atoms with E-state index in [0.29, 0.717) is 16.4 Å². The second-order valence-electron chi connectivity index (χ2n) is 7.54. The molecule has 0 aliphatic rings. The Morgan fingerprint density at radius 3 is 2.68 bits per heavy atom. The van der Waals surface area contributed by atoms with Gasteiger partial charge in [0.05, 0.1) is 5.02 Å². The number of hydrogen-bond acceptors (Lipinski definition) is 5. The van der Waals surface area contributed by atoms with Gasteiger partial charge in [0, 0.05) is 11.9 Å². The number of hydrogen-bond donors (Lipinski definition) is 1. The average molecular weight is 471 g/mol. The molecule has 8 heteroatoms. The largest absolute Gasteiger partial charge is 0.437 e. The van der Waals surface area contributed by atoms with Gasteiger partial charge in [-0.3, -0.25) is 14.0 Å². The summed E-state index contributed by atoms with van der Waals surface area (Å²) in [6.07, 6.45) is 2.73. The molecule has 0 aliphatic heterocycles. The van der Waals surface area contributed by atoms with E-state index in [1.165, 1.54) is 10.5 Å². The van der Waals surface area contributed by atoms with E-state index in [1.54, 1.807) is 54.7 Å². The lowest BCUT2D eigenvalue weighted by molar-refractivity contribution is -0.112. The van der Waals surface area contributed by atoms with Crippen molar-refractivity contribution in [1.82, 2.24) is 9.38 Å². The Hall–Kier alpha value is -4.41. The van der Waals surface area contributed by atoms with Crippen molar-refractivity contribution >= 4 is 34.9 Å². The minimum atomic E-state index is -0.655. The van der Waals surface area contributed by atoms with E-state index in [4.69, 9.17) is 16.3 Å². The summed E-state index contributed by atoms with van der Waals surface area (Å²) < 4.78 is 7.17. The van der Waals surface area contributed by atoms with Gasteiger partial charge < -0.3 is 10.1 Å². The van der Waals surface area contributed by atoms with Gasteiger partial charge in [-0.05, 0) is 61.4 Å². The molecule has 0 fully saturated rings. The Bertz CT molecular complexity index is 1550. The lowest BCUT2D eigenvalue weighted by atomic mass is 10.1. The van der Waals surface area contributed by atoms with Crippen molar-refractivity contribution in [3.8, 4) is 17.7 Å². The highest BCUT2D eigenvalue weighted by atomic mass is 35.5. The van der Waals surface area contributed by atoms with Crippen LogP contribution in [0.4, 0.5) is 5.69 Å². The van der Waals surface area contributed by atoms with Crippen molar-refractivity contribution in [2.45, 2.75) is 13.8 Å². The molecule has 34 heavy (non-hydrogen) atoms. The van der Waals surface area contributed by atoms with E-state index in [2.05, 4.69) is 10.3 Å². The predicted molar refractivity (Wildman–Crippen MR) is 131 cm³/mol. The fraction of sp³-hybridized carbons (Fsp3) is 0.0769. The van der Waals surface area contributed by atoms with Gasteiger partial charge in [0.2, 0.25) is 5.88 Å². The van der Waals surface area contributed by atoms with Gasteiger partial charge in [0.1, 0.15) is 28.6 Å². The number of carbonyl (C=O) groups is 1. The third-order valence-electron chi connectivity index (χ3n) is 5.07. The van der Waals surface area contributed by atoms with Crippen LogP contribution in [0.1, 0.15) is 16.7 Å². The molecular formula is C26H19ClN4O3. The molecule has 1 N–H and O–H groups in total. The summed E-state index contributed by atoms with van der Waals surface area (Å²) in [5, 5.41) is 12.8. The molecule has 2 aromatic heterocycles. The summed E-state index contributed by atoms with van der Waals surface area (Å²) in [4.78, 5) is 30.6. The molecule has 2 heterocycles. The van der Waals surface area contributed by atoms with Crippen molar-refractivity contribution in [3.63, 3.8) is 0 Å². The number of amides is 1. The number of rotatable bonds is 5. The first-order chi connectivity index (χ1) is 16.4. The third kappa shape index (κ3) is 4.68. The standard InChI is InChI=1S/C26H19ClN4O3/c1-16-10-11-17(2)21(13-16)29-24(32)18(15-28)14-19-25(34-22-8-4-3-7-20(22)27)30-23-9-5-6-12-31(23)26(19)33/h3-14H,1-2H3,(H,29,32)/b18-14-. The number of anilines is 1. The SMILES string of the molecule is Cc1ccc(C)c(NC(=O)/C(C#N)=C\c2c(Oc3ccccc3Cl)nc3ccccn3c2=O)c1. The van der Waals surface area contributed by atoms with Crippen molar-refractivity contribution in [2.75, 3.05) is 5.32 Å². The van der Waals surface area contributed by atoms with E-state index < -0.39 is 11.5 Å². The summed E-state index contributed by atoms with van der Waals surface area (Å²) in [6, 6.07) is 19.3. The first-order valence-electron chi connectivity index (χ1n) is 10.3. The number of aromatic nitrogens is 2. The zero-order chi connectivity index (χ0) is 24.2. The summed E-state index contributed by atoms with van der Waals surface area (Å²) in [7, 11) is 0. The Balaban J connectivity index is 1.82. The molecule has 1 amide bonds. The number of nitriles is 1. The van der Waals surface area contributed by atoms with E-state index in [0.717, 1.165) is 11.1 Å². The zero-order valence-electron chi connectivity index (χ0n) is 18.4. The van der Waals surface area contributed by atoms with Gasteiger partial charge in [-0.1, -0.05) is 41.9 Å². The van der Waals surface area contributed by atoms with Crippen LogP contribution in [0.15, 0.2) is 77.2 Å². The highest BCUT2D eigenvalue weighted by Gasteiger charge is 2.18. The minimum Gasteiger partial charge on any atom is -0.437 e. The maximum absolute atomic E-state index is 13.3. The molecule has 0 spiro atoms. The van der Waals surface area contributed by atoms with Crippen LogP contribution in [0.3, 0.4) is 0 Å². The van der Waals surface area contributed by atoms with E-state index in [9.17, 15) is 14.9 Å². The third-order valence-corrected chi connectivity index (χ3v) is 5.38. The van der Waals surface area contributed by atoms with Crippen LogP contribution in [-0.4, -0.2) is 15.3 Å². The normalized spacial score (nSPS) is 11.2. The number of fused-ring (bicyclic) bond motifs is 1. The van der Waals surface area contributed by atoms with Crippen LogP contribution in [0, 0.1) is 25.2 Å². The number of ether oxygens (including phenoxy) is 1. The molecule has 0 saturated carbocycles. The Morgan fingerprint density at radius 2 is 1.91 bits per heavy atom. The molecular weight excluding hydrogens is 452 g/mol. The molecule has 2 aromatic carbocycles. The van der Waals surface area contributed by atoms with E-state index in [1.807, 2.05) is 32.0 Å². The smallest absolute Gasteiger partial charge is 0.269 e. The first kappa shape index (κ1) is 22.8. The number of pyridine rings is 1. The van der Waals surface area contributed by atoms with Gasteiger partial charge in [-0.25, -0.2) is 0 Å². The van der Waals surface area contributed by atoms with Crippen LogP contribution in [0.2, 0.25) is 5.02 Å². The molecule has 0 bridgehead atoms. The first-order valence-corrected chi connectivity index (χ1v) is 10.7. The summed E-state index contributed by atoms with van der Waals surface area (Å²) in [6.45, 7) is 3.75. The van der Waals surface area contributed by atoms with Crippen LogP contribution in [0.5, 0.6) is 11.6 Å². The lowest BCUT2D eigenvalue weighted by Crippen LogP contribution is -2.20. The van der Waals surface area contributed by atoms with Gasteiger partial charge in [0.25, 0.3) is 11.5 Å². The Labute approximate surface area is 200 Å². The second-order valence-corrected chi connectivity index (χ2v) is 7.95. The molecule has 0 unspecified atom stereocenters. The molecule has 4 rings (SSSR count). The van der Waals surface area contributed by atoms with Gasteiger partial charge >= 0.3 is 0 Å². The monoisotopic (exact) mass is 470 g/mol. The summed E-state index contributed by atoms with van der Waals surface area (Å²) >= 11 is 6.22. The summed E-state index contributed by atoms with van der Waals surface area (Å²) in [5.74, 6) is -0.446. The minimum absolute atomic E-state index is 0.0590. The molecule has 0 radical (unpaired) electrons. The van der Waals surface area contributed by atoms with E-state index in [-0.39, 0.29) is 22.8 Å². The van der Waals surface area contributed by atoms with E-state index >= 15 is 0 Å². The van der Waals surface area contributed by atoms with Crippen LogP contribution in [-0.2, 0) is 4.79 Å². The van der Waals surface area contributed by atoms with Crippen LogP contribution < -0.4 is 15.6 Å². The number of carbonyl (C=O) groups excluding carboxylic acids is 1. The van der Waals surface area contributed by atoms with Crippen LogP contribution in [0.25, 0.3) is 11.7 Å². The fourth-order valence-corrected chi connectivity index (χ4v) is 3.44.